The average Bonchev–Trinajstić information content (AvgIpc) is 2.38. The maximum Gasteiger partial charge on any atom is 0.0596 e. The molecule has 1 saturated heterocycles. The topological polar surface area (TPSA) is 24.5 Å². The highest BCUT2D eigenvalue weighted by molar-refractivity contribution is 5.69. The number of hydrogen-bond acceptors (Lipinski definition) is 3. The Morgan fingerprint density at radius 2 is 1.94 bits per heavy atom. The Bertz CT molecular complexity index is 346. The summed E-state index contributed by atoms with van der Waals surface area (Å²) in [5, 5.41) is 3.57. The van der Waals surface area contributed by atoms with E-state index in [-0.39, 0.29) is 0 Å². The molecule has 0 unspecified atom stereocenters. The van der Waals surface area contributed by atoms with Gasteiger partial charge in [0.25, 0.3) is 0 Å². The molecule has 0 atom stereocenters. The number of para-hydroxylation sites is 2. The molecule has 0 radical (unpaired) electrons. The van der Waals surface area contributed by atoms with Gasteiger partial charge >= 0.3 is 0 Å². The normalized spacial score (nSPS) is 16.8. The van der Waals surface area contributed by atoms with Crippen LogP contribution in [-0.4, -0.2) is 33.9 Å². The molecule has 0 aromatic heterocycles. The Hall–Kier alpha value is -1.22. The zero-order valence-corrected chi connectivity index (χ0v) is 10.8. The van der Waals surface area contributed by atoms with Crippen molar-refractivity contribution in [2.75, 3.05) is 44.1 Å². The molecule has 3 nitrogen and oxygen atoms in total. The van der Waals surface area contributed by atoms with Crippen molar-refractivity contribution in [3.05, 3.63) is 24.3 Å². The van der Waals surface area contributed by atoms with Gasteiger partial charge in [-0.05, 0) is 30.9 Å². The fraction of sp³-hybridized carbons (Fsp3) is 0.571. The fourth-order valence-electron chi connectivity index (χ4n) is 2.22. The van der Waals surface area contributed by atoms with Crippen molar-refractivity contribution >= 4 is 11.4 Å². The van der Waals surface area contributed by atoms with Crippen LogP contribution in [0.4, 0.5) is 11.4 Å². The molecule has 1 heterocycles. The lowest BCUT2D eigenvalue weighted by Crippen LogP contribution is -2.23. The molecule has 1 aromatic rings. The monoisotopic (exact) mass is 234 g/mol. The van der Waals surface area contributed by atoms with E-state index in [9.17, 15) is 0 Å². The first-order valence-electron chi connectivity index (χ1n) is 6.35. The standard InChI is InChI=1S/C14H22N2O/c1-16(2)14-6-4-3-5-13(14)15-11-12-7-9-17-10-8-12/h3-6,12,15H,7-11H2,1-2H3. The SMILES string of the molecule is CN(C)c1ccccc1NCC1CCOCC1. The minimum absolute atomic E-state index is 0.749. The van der Waals surface area contributed by atoms with Crippen molar-refractivity contribution in [2.45, 2.75) is 12.8 Å². The first-order valence-corrected chi connectivity index (χ1v) is 6.35. The summed E-state index contributed by atoms with van der Waals surface area (Å²) < 4.78 is 5.38. The largest absolute Gasteiger partial charge is 0.383 e. The van der Waals surface area contributed by atoms with Gasteiger partial charge in [0.15, 0.2) is 0 Å². The third-order valence-electron chi connectivity index (χ3n) is 3.31. The summed E-state index contributed by atoms with van der Waals surface area (Å²) in [6.07, 6.45) is 2.36. The van der Waals surface area contributed by atoms with Gasteiger partial charge in [0.1, 0.15) is 0 Å². The van der Waals surface area contributed by atoms with Gasteiger partial charge < -0.3 is 15.0 Å². The summed E-state index contributed by atoms with van der Waals surface area (Å²) in [7, 11) is 4.16. The molecule has 1 aromatic carbocycles. The van der Waals surface area contributed by atoms with Crippen LogP contribution in [0, 0.1) is 5.92 Å². The van der Waals surface area contributed by atoms with Gasteiger partial charge in [0, 0.05) is 33.9 Å². The molecular weight excluding hydrogens is 212 g/mol. The van der Waals surface area contributed by atoms with Crippen LogP contribution < -0.4 is 10.2 Å². The van der Waals surface area contributed by atoms with Crippen LogP contribution in [0.5, 0.6) is 0 Å². The first-order chi connectivity index (χ1) is 8.27. The zero-order chi connectivity index (χ0) is 12.1. The summed E-state index contributed by atoms with van der Waals surface area (Å²) in [6, 6.07) is 8.45. The van der Waals surface area contributed by atoms with E-state index in [1.54, 1.807) is 0 Å². The summed E-state index contributed by atoms with van der Waals surface area (Å²) in [6.45, 7) is 2.89. The van der Waals surface area contributed by atoms with Gasteiger partial charge in [-0.1, -0.05) is 12.1 Å². The number of nitrogens with one attached hydrogen (secondary N) is 1. The van der Waals surface area contributed by atoms with E-state index in [1.807, 2.05) is 0 Å². The molecule has 0 saturated carbocycles. The van der Waals surface area contributed by atoms with Gasteiger partial charge in [-0.2, -0.15) is 0 Å². The van der Waals surface area contributed by atoms with Crippen molar-refractivity contribution in [3.63, 3.8) is 0 Å². The minimum atomic E-state index is 0.749. The van der Waals surface area contributed by atoms with Gasteiger partial charge in [-0.25, -0.2) is 0 Å². The Morgan fingerprint density at radius 3 is 2.65 bits per heavy atom. The van der Waals surface area contributed by atoms with Crippen LogP contribution in [0.1, 0.15) is 12.8 Å². The van der Waals surface area contributed by atoms with Crippen LogP contribution in [0.3, 0.4) is 0 Å². The van der Waals surface area contributed by atoms with Crippen molar-refractivity contribution < 1.29 is 4.74 Å². The van der Waals surface area contributed by atoms with Crippen molar-refractivity contribution in [3.8, 4) is 0 Å². The Kier molecular flexibility index (Phi) is 4.26. The number of hydrogen-bond donors (Lipinski definition) is 1. The van der Waals surface area contributed by atoms with Crippen LogP contribution in [-0.2, 0) is 4.74 Å². The van der Waals surface area contributed by atoms with Gasteiger partial charge in [-0.15, -0.1) is 0 Å². The van der Waals surface area contributed by atoms with Crippen LogP contribution in [0.15, 0.2) is 24.3 Å². The smallest absolute Gasteiger partial charge is 0.0596 e. The second kappa shape index (κ2) is 5.92. The summed E-state index contributed by atoms with van der Waals surface area (Å²) in [5.41, 5.74) is 2.48. The van der Waals surface area contributed by atoms with Gasteiger partial charge in [0.2, 0.25) is 0 Å². The first kappa shape index (κ1) is 12.2. The predicted molar refractivity (Wildman–Crippen MR) is 72.8 cm³/mol. The molecule has 1 aliphatic heterocycles. The molecule has 0 bridgehead atoms. The third-order valence-corrected chi connectivity index (χ3v) is 3.31. The number of anilines is 2. The quantitative estimate of drug-likeness (QED) is 0.866. The molecule has 17 heavy (non-hydrogen) atoms. The number of benzene rings is 1. The summed E-state index contributed by atoms with van der Waals surface area (Å²) in [4.78, 5) is 2.15. The highest BCUT2D eigenvalue weighted by Crippen LogP contribution is 2.24. The van der Waals surface area contributed by atoms with Crippen molar-refractivity contribution in [2.24, 2.45) is 5.92 Å². The Balaban J connectivity index is 1.93. The van der Waals surface area contributed by atoms with Crippen LogP contribution in [0.2, 0.25) is 0 Å². The van der Waals surface area contributed by atoms with E-state index in [0.717, 1.165) is 25.7 Å². The molecule has 0 spiro atoms. The second-order valence-corrected chi connectivity index (χ2v) is 4.85. The highest BCUT2D eigenvalue weighted by Gasteiger charge is 2.14. The van der Waals surface area contributed by atoms with Gasteiger partial charge in [0.05, 0.1) is 11.4 Å². The molecule has 2 rings (SSSR count). The number of nitrogens with zero attached hydrogens (tertiary/aromatic N) is 1. The van der Waals surface area contributed by atoms with Crippen molar-refractivity contribution in [1.82, 2.24) is 0 Å². The summed E-state index contributed by atoms with van der Waals surface area (Å²) in [5.74, 6) is 0.749. The minimum Gasteiger partial charge on any atom is -0.383 e. The molecule has 3 heteroatoms. The number of rotatable bonds is 4. The maximum atomic E-state index is 5.38. The molecule has 1 aliphatic rings. The molecular formula is C14H22N2O. The average molecular weight is 234 g/mol. The Morgan fingerprint density at radius 1 is 1.24 bits per heavy atom. The fourth-order valence-corrected chi connectivity index (χ4v) is 2.22. The third kappa shape index (κ3) is 3.37. The van der Waals surface area contributed by atoms with E-state index >= 15 is 0 Å². The summed E-state index contributed by atoms with van der Waals surface area (Å²) >= 11 is 0. The van der Waals surface area contributed by atoms with E-state index in [1.165, 1.54) is 24.2 Å². The van der Waals surface area contributed by atoms with E-state index in [4.69, 9.17) is 4.74 Å². The molecule has 1 fully saturated rings. The zero-order valence-electron chi connectivity index (χ0n) is 10.8. The number of ether oxygens (including phenoxy) is 1. The highest BCUT2D eigenvalue weighted by atomic mass is 16.5. The lowest BCUT2D eigenvalue weighted by atomic mass is 10.0. The van der Waals surface area contributed by atoms with Crippen LogP contribution in [0.25, 0.3) is 0 Å². The van der Waals surface area contributed by atoms with Gasteiger partial charge in [-0.3, -0.25) is 0 Å². The van der Waals surface area contributed by atoms with Crippen LogP contribution >= 0.6 is 0 Å². The molecule has 94 valence electrons. The van der Waals surface area contributed by atoms with Crippen molar-refractivity contribution in [1.29, 1.82) is 0 Å². The lowest BCUT2D eigenvalue weighted by molar-refractivity contribution is 0.0699. The van der Waals surface area contributed by atoms with E-state index in [2.05, 4.69) is 48.6 Å². The van der Waals surface area contributed by atoms with E-state index in [0.29, 0.717) is 0 Å². The van der Waals surface area contributed by atoms with E-state index < -0.39 is 0 Å². The maximum absolute atomic E-state index is 5.38. The Labute approximate surface area is 104 Å². The predicted octanol–water partition coefficient (Wildman–Crippen LogP) is 2.59. The molecule has 0 amide bonds. The lowest BCUT2D eigenvalue weighted by Gasteiger charge is -2.24. The molecule has 0 aliphatic carbocycles. The second-order valence-electron chi connectivity index (χ2n) is 4.85. The molecule has 1 N–H and O–H groups in total.